The first-order valence-corrected chi connectivity index (χ1v) is 10.2. The van der Waals surface area contributed by atoms with E-state index in [0.717, 1.165) is 12.0 Å². The van der Waals surface area contributed by atoms with Crippen LogP contribution in [-0.2, 0) is 6.42 Å². The molecule has 5 rings (SSSR count). The van der Waals surface area contributed by atoms with Gasteiger partial charge in [-0.1, -0.05) is 42.5 Å². The smallest absolute Gasteiger partial charge is 0.428 e. The Labute approximate surface area is 186 Å². The van der Waals surface area contributed by atoms with E-state index in [2.05, 4.69) is 44.3 Å². The molecule has 1 heterocycles. The van der Waals surface area contributed by atoms with Crippen molar-refractivity contribution < 1.29 is 22.3 Å². The fourth-order valence-electron chi connectivity index (χ4n) is 3.85. The summed E-state index contributed by atoms with van der Waals surface area (Å²) < 4.78 is 55.3. The Bertz CT molecular complexity index is 1330. The number of nitrogens with zero attached hydrogens (tertiary/aromatic N) is 2. The molecule has 1 aliphatic carbocycles. The van der Waals surface area contributed by atoms with Gasteiger partial charge in [0.05, 0.1) is 5.69 Å². The number of anilines is 2. The molecule has 0 fully saturated rings. The Morgan fingerprint density at radius 1 is 0.879 bits per heavy atom. The molecular formula is C25H17F4N3O. The van der Waals surface area contributed by atoms with Crippen molar-refractivity contribution in [3.05, 3.63) is 90.1 Å². The van der Waals surface area contributed by atoms with Crippen molar-refractivity contribution in [1.82, 2.24) is 9.97 Å². The van der Waals surface area contributed by atoms with Gasteiger partial charge in [-0.15, -0.1) is 0 Å². The van der Waals surface area contributed by atoms with Crippen LogP contribution in [0.25, 0.3) is 22.4 Å². The van der Waals surface area contributed by atoms with Crippen LogP contribution in [-0.4, -0.2) is 22.5 Å². The third-order valence-corrected chi connectivity index (χ3v) is 5.34. The minimum atomic E-state index is -4.58. The standard InChI is InChI=1S/C25H17F4N3O/c26-23(27)25(28,29)33-19-6-3-5-18(14-19)31-24-30-11-10-22(32-24)16-8-9-21-17(13-16)12-15-4-1-2-7-20(15)21/h1-11,13-14,23H,12H2,(H,30,31,32). The zero-order valence-electron chi connectivity index (χ0n) is 17.1. The van der Waals surface area contributed by atoms with Gasteiger partial charge in [-0.2, -0.15) is 17.6 Å². The molecule has 4 aromatic rings. The molecule has 0 unspecified atom stereocenters. The molecule has 1 aliphatic rings. The predicted molar refractivity (Wildman–Crippen MR) is 117 cm³/mol. The highest BCUT2D eigenvalue weighted by Gasteiger charge is 2.44. The average molecular weight is 451 g/mol. The molecule has 0 radical (unpaired) electrons. The maximum Gasteiger partial charge on any atom is 0.461 e. The van der Waals surface area contributed by atoms with Gasteiger partial charge in [-0.3, -0.25) is 0 Å². The summed E-state index contributed by atoms with van der Waals surface area (Å²) in [5, 5.41) is 2.90. The van der Waals surface area contributed by atoms with Gasteiger partial charge in [0.15, 0.2) is 0 Å². The van der Waals surface area contributed by atoms with Crippen molar-refractivity contribution >= 4 is 11.6 Å². The molecule has 33 heavy (non-hydrogen) atoms. The van der Waals surface area contributed by atoms with Crippen LogP contribution in [0.15, 0.2) is 79.0 Å². The summed E-state index contributed by atoms with van der Waals surface area (Å²) in [5.41, 5.74) is 6.87. The summed E-state index contributed by atoms with van der Waals surface area (Å²) in [6.07, 6.45) is -6.08. The third-order valence-electron chi connectivity index (χ3n) is 5.34. The van der Waals surface area contributed by atoms with Crippen LogP contribution < -0.4 is 10.1 Å². The number of halogens is 4. The van der Waals surface area contributed by atoms with Gasteiger partial charge in [0, 0.05) is 23.5 Å². The summed E-state index contributed by atoms with van der Waals surface area (Å²) >= 11 is 0. The number of fused-ring (bicyclic) bond motifs is 3. The highest BCUT2D eigenvalue weighted by molar-refractivity contribution is 5.79. The van der Waals surface area contributed by atoms with E-state index < -0.39 is 18.3 Å². The number of hydrogen-bond donors (Lipinski definition) is 1. The lowest BCUT2D eigenvalue weighted by Gasteiger charge is -2.17. The predicted octanol–water partition coefficient (Wildman–Crippen LogP) is 6.70. The maximum atomic E-state index is 13.2. The number of alkyl halides is 4. The first-order valence-electron chi connectivity index (χ1n) is 10.2. The highest BCUT2D eigenvalue weighted by Crippen LogP contribution is 2.38. The van der Waals surface area contributed by atoms with Crippen molar-refractivity contribution in [2.45, 2.75) is 19.0 Å². The van der Waals surface area contributed by atoms with Gasteiger partial charge in [-0.05, 0) is 52.9 Å². The molecule has 0 spiro atoms. The lowest BCUT2D eigenvalue weighted by atomic mass is 10.0. The van der Waals surface area contributed by atoms with Crippen molar-refractivity contribution in [1.29, 1.82) is 0 Å². The van der Waals surface area contributed by atoms with E-state index >= 15 is 0 Å². The molecule has 8 heteroatoms. The molecule has 1 aromatic heterocycles. The van der Waals surface area contributed by atoms with Crippen molar-refractivity contribution in [2.75, 3.05) is 5.32 Å². The molecule has 0 bridgehead atoms. The van der Waals surface area contributed by atoms with Crippen molar-refractivity contribution in [3.8, 4) is 28.1 Å². The van der Waals surface area contributed by atoms with E-state index in [-0.39, 0.29) is 5.95 Å². The lowest BCUT2D eigenvalue weighted by molar-refractivity contribution is -0.253. The fraction of sp³-hybridized carbons (Fsp3) is 0.120. The number of benzene rings is 3. The average Bonchev–Trinajstić information content (AvgIpc) is 3.17. The second kappa shape index (κ2) is 8.20. The number of ether oxygens (including phenoxy) is 1. The number of nitrogens with one attached hydrogen (secondary N) is 1. The summed E-state index contributed by atoms with van der Waals surface area (Å²) in [5.74, 6) is -0.173. The third kappa shape index (κ3) is 4.24. The van der Waals surface area contributed by atoms with Crippen LogP contribution in [0.3, 0.4) is 0 Å². The van der Waals surface area contributed by atoms with Crippen LogP contribution in [0.2, 0.25) is 0 Å². The van der Waals surface area contributed by atoms with Gasteiger partial charge in [0.25, 0.3) is 0 Å². The van der Waals surface area contributed by atoms with Crippen molar-refractivity contribution in [2.24, 2.45) is 0 Å². The Kier molecular flexibility index (Phi) is 5.20. The Morgan fingerprint density at radius 3 is 2.55 bits per heavy atom. The summed E-state index contributed by atoms with van der Waals surface area (Å²) in [4.78, 5) is 8.68. The van der Waals surface area contributed by atoms with Gasteiger partial charge in [-0.25, -0.2) is 9.97 Å². The van der Waals surface area contributed by atoms with Gasteiger partial charge >= 0.3 is 12.5 Å². The quantitative estimate of drug-likeness (QED) is 0.292. The normalized spacial score (nSPS) is 12.4. The van der Waals surface area contributed by atoms with Crippen LogP contribution >= 0.6 is 0 Å². The topological polar surface area (TPSA) is 47.0 Å². The molecular weight excluding hydrogens is 434 g/mol. The number of rotatable bonds is 6. The van der Waals surface area contributed by atoms with E-state index in [1.54, 1.807) is 18.3 Å². The van der Waals surface area contributed by atoms with Gasteiger partial charge in [0.1, 0.15) is 5.75 Å². The molecule has 0 amide bonds. The highest BCUT2D eigenvalue weighted by atomic mass is 19.3. The molecule has 0 aliphatic heterocycles. The van der Waals surface area contributed by atoms with E-state index in [1.165, 1.54) is 40.5 Å². The fourth-order valence-corrected chi connectivity index (χ4v) is 3.85. The molecule has 0 saturated heterocycles. The molecule has 4 nitrogen and oxygen atoms in total. The van der Waals surface area contributed by atoms with Crippen LogP contribution in [0.4, 0.5) is 29.2 Å². The Morgan fingerprint density at radius 2 is 1.70 bits per heavy atom. The second-order valence-electron chi connectivity index (χ2n) is 7.59. The molecule has 166 valence electrons. The number of aromatic nitrogens is 2. The first kappa shape index (κ1) is 20.9. The van der Waals surface area contributed by atoms with Gasteiger partial charge in [0.2, 0.25) is 5.95 Å². The minimum absolute atomic E-state index is 0.231. The van der Waals surface area contributed by atoms with Gasteiger partial charge < -0.3 is 10.1 Å². The SMILES string of the molecule is FC(F)C(F)(F)Oc1cccc(Nc2nccc(-c3ccc4c(c3)Cc3ccccc3-4)n2)c1. The zero-order valence-corrected chi connectivity index (χ0v) is 17.1. The Hall–Kier alpha value is -3.94. The second-order valence-corrected chi connectivity index (χ2v) is 7.59. The van der Waals surface area contributed by atoms with E-state index in [4.69, 9.17) is 0 Å². The van der Waals surface area contributed by atoms with Crippen LogP contribution in [0, 0.1) is 0 Å². The van der Waals surface area contributed by atoms with E-state index in [9.17, 15) is 17.6 Å². The first-order chi connectivity index (χ1) is 15.9. The largest absolute Gasteiger partial charge is 0.461 e. The van der Waals surface area contributed by atoms with Crippen molar-refractivity contribution in [3.63, 3.8) is 0 Å². The summed E-state index contributed by atoms with van der Waals surface area (Å²) in [6, 6.07) is 21.6. The molecule has 3 aromatic carbocycles. The van der Waals surface area contributed by atoms with Crippen LogP contribution in [0.5, 0.6) is 5.75 Å². The summed E-state index contributed by atoms with van der Waals surface area (Å²) in [6.45, 7) is 0. The Balaban J connectivity index is 1.37. The minimum Gasteiger partial charge on any atom is -0.428 e. The molecule has 0 saturated carbocycles. The monoisotopic (exact) mass is 451 g/mol. The lowest BCUT2D eigenvalue weighted by Crippen LogP contribution is -2.33. The molecule has 0 atom stereocenters. The zero-order chi connectivity index (χ0) is 23.0. The molecule has 1 N–H and O–H groups in total. The number of hydrogen-bond acceptors (Lipinski definition) is 4. The van der Waals surface area contributed by atoms with Crippen LogP contribution in [0.1, 0.15) is 11.1 Å². The summed E-state index contributed by atoms with van der Waals surface area (Å²) in [7, 11) is 0. The maximum absolute atomic E-state index is 13.2. The van der Waals surface area contributed by atoms with E-state index in [0.29, 0.717) is 11.4 Å². The van der Waals surface area contributed by atoms with E-state index in [1.807, 2.05) is 18.2 Å².